The third-order valence-electron chi connectivity index (χ3n) is 5.19. The second kappa shape index (κ2) is 8.26. The van der Waals surface area contributed by atoms with Gasteiger partial charge in [-0.25, -0.2) is 14.8 Å². The molecule has 0 aromatic carbocycles. The highest BCUT2D eigenvalue weighted by Gasteiger charge is 2.31. The number of carbonyl (C=O) groups is 1. The van der Waals surface area contributed by atoms with Crippen LogP contribution in [0.25, 0.3) is 0 Å². The number of anilines is 2. The van der Waals surface area contributed by atoms with E-state index in [4.69, 9.17) is 10.5 Å². The predicted molar refractivity (Wildman–Crippen MR) is 110 cm³/mol. The Hall–Kier alpha value is -2.49. The van der Waals surface area contributed by atoms with Gasteiger partial charge in [0.1, 0.15) is 17.2 Å². The Kier molecular flexibility index (Phi) is 5.97. The molecule has 2 aliphatic rings. The molecule has 1 saturated carbocycles. The van der Waals surface area contributed by atoms with Crippen LogP contribution < -0.4 is 10.6 Å². The van der Waals surface area contributed by atoms with Gasteiger partial charge in [0.05, 0.1) is 6.04 Å². The van der Waals surface area contributed by atoms with Crippen molar-refractivity contribution in [3.63, 3.8) is 0 Å². The van der Waals surface area contributed by atoms with Gasteiger partial charge in [-0.1, -0.05) is 18.8 Å². The van der Waals surface area contributed by atoms with Gasteiger partial charge in [0.15, 0.2) is 0 Å². The summed E-state index contributed by atoms with van der Waals surface area (Å²) < 4.78 is 5.48. The summed E-state index contributed by atoms with van der Waals surface area (Å²) in [6, 6.07) is 1.84. The van der Waals surface area contributed by atoms with Crippen LogP contribution in [0.1, 0.15) is 58.7 Å². The molecular weight excluding hydrogens is 354 g/mol. The number of nitrogens with zero attached hydrogens (tertiary/aromatic N) is 4. The molecule has 1 aliphatic carbocycles. The lowest BCUT2D eigenvalue weighted by Gasteiger charge is -2.28. The van der Waals surface area contributed by atoms with E-state index >= 15 is 0 Å². The van der Waals surface area contributed by atoms with Gasteiger partial charge in [-0.2, -0.15) is 0 Å². The van der Waals surface area contributed by atoms with Crippen molar-refractivity contribution < 1.29 is 9.53 Å². The first-order valence-corrected chi connectivity index (χ1v) is 10.1. The fourth-order valence-corrected chi connectivity index (χ4v) is 3.66. The molecule has 2 N–H and O–H groups in total. The van der Waals surface area contributed by atoms with Crippen LogP contribution >= 0.6 is 0 Å². The van der Waals surface area contributed by atoms with E-state index in [1.807, 2.05) is 20.8 Å². The minimum atomic E-state index is -0.502. The highest BCUT2D eigenvalue weighted by atomic mass is 16.6. The summed E-state index contributed by atoms with van der Waals surface area (Å²) in [5.41, 5.74) is 5.49. The highest BCUT2D eigenvalue weighted by molar-refractivity contribution is 5.68. The fourth-order valence-electron chi connectivity index (χ4n) is 3.66. The van der Waals surface area contributed by atoms with Gasteiger partial charge in [-0.15, -0.1) is 0 Å². The molecule has 2 fully saturated rings. The number of aromatic nitrogens is 2. The third-order valence-corrected chi connectivity index (χ3v) is 5.19. The molecule has 1 atom stereocenters. The van der Waals surface area contributed by atoms with Gasteiger partial charge in [0, 0.05) is 32.1 Å². The Morgan fingerprint density at radius 2 is 2.00 bits per heavy atom. The summed E-state index contributed by atoms with van der Waals surface area (Å²) in [5, 5.41) is 0. The Balaban J connectivity index is 1.66. The molecule has 1 saturated heterocycles. The Bertz CT molecular complexity index is 771. The molecule has 1 aliphatic heterocycles. The number of hydrogen-bond acceptors (Lipinski definition) is 6. The topological polar surface area (TPSA) is 84.6 Å². The molecule has 1 aromatic heterocycles. The lowest BCUT2D eigenvalue weighted by Crippen LogP contribution is -2.42. The van der Waals surface area contributed by atoms with Crippen LogP contribution in [-0.2, 0) is 4.74 Å². The first-order valence-electron chi connectivity index (χ1n) is 10.1. The lowest BCUT2D eigenvalue weighted by molar-refractivity contribution is 0.0238. The van der Waals surface area contributed by atoms with Crippen molar-refractivity contribution in [3.05, 3.63) is 11.9 Å². The number of nitrogen functional groups attached to an aromatic ring is 1. The summed E-state index contributed by atoms with van der Waals surface area (Å²) in [6.45, 7) is 7.10. The van der Waals surface area contributed by atoms with Crippen LogP contribution in [0.4, 0.5) is 16.4 Å². The number of ether oxygens (including phenoxy) is 1. The van der Waals surface area contributed by atoms with E-state index in [1.54, 1.807) is 18.0 Å². The molecule has 1 unspecified atom stereocenters. The van der Waals surface area contributed by atoms with Crippen LogP contribution in [0.15, 0.2) is 6.07 Å². The Morgan fingerprint density at radius 3 is 2.68 bits per heavy atom. The maximum atomic E-state index is 12.3. The van der Waals surface area contributed by atoms with E-state index in [2.05, 4.69) is 26.7 Å². The molecule has 2 heterocycles. The van der Waals surface area contributed by atoms with Crippen LogP contribution in [-0.4, -0.2) is 52.7 Å². The SMILES string of the molecule is CN(C(=O)OC(C)(C)C)C1CCN(c2cc(N)nc(C#CC3CCCC3)n2)C1. The smallest absolute Gasteiger partial charge is 0.410 e. The first kappa shape index (κ1) is 20.2. The van der Waals surface area contributed by atoms with Crippen molar-refractivity contribution in [2.45, 2.75) is 64.5 Å². The highest BCUT2D eigenvalue weighted by Crippen LogP contribution is 2.25. The second-order valence-corrected chi connectivity index (χ2v) is 8.71. The van der Waals surface area contributed by atoms with Crippen molar-refractivity contribution in [2.24, 2.45) is 5.92 Å². The first-order chi connectivity index (χ1) is 13.2. The molecule has 28 heavy (non-hydrogen) atoms. The quantitative estimate of drug-likeness (QED) is 0.788. The molecule has 7 heteroatoms. The molecule has 152 valence electrons. The monoisotopic (exact) mass is 385 g/mol. The van der Waals surface area contributed by atoms with E-state index in [0.29, 0.717) is 24.1 Å². The van der Waals surface area contributed by atoms with E-state index in [-0.39, 0.29) is 12.1 Å². The minimum Gasteiger partial charge on any atom is -0.444 e. The lowest BCUT2D eigenvalue weighted by atomic mass is 10.1. The Morgan fingerprint density at radius 1 is 1.29 bits per heavy atom. The largest absolute Gasteiger partial charge is 0.444 e. The van der Waals surface area contributed by atoms with Gasteiger partial charge in [0.2, 0.25) is 5.82 Å². The molecule has 0 radical (unpaired) electrons. The maximum Gasteiger partial charge on any atom is 0.410 e. The number of carbonyl (C=O) groups excluding carboxylic acids is 1. The molecule has 3 rings (SSSR count). The van der Waals surface area contributed by atoms with Crippen molar-refractivity contribution in [2.75, 3.05) is 30.8 Å². The van der Waals surface area contributed by atoms with E-state index < -0.39 is 5.60 Å². The molecule has 0 bridgehead atoms. The average molecular weight is 386 g/mol. The van der Waals surface area contributed by atoms with E-state index in [1.165, 1.54) is 12.8 Å². The number of amides is 1. The molecule has 1 aromatic rings. The molecular formula is C21H31N5O2. The van der Waals surface area contributed by atoms with Crippen molar-refractivity contribution in [3.8, 4) is 11.8 Å². The zero-order valence-electron chi connectivity index (χ0n) is 17.4. The molecule has 0 spiro atoms. The van der Waals surface area contributed by atoms with Gasteiger partial charge in [0.25, 0.3) is 0 Å². The number of nitrogens with two attached hydrogens (primary N) is 1. The summed E-state index contributed by atoms with van der Waals surface area (Å²) >= 11 is 0. The maximum absolute atomic E-state index is 12.3. The summed E-state index contributed by atoms with van der Waals surface area (Å²) in [4.78, 5) is 25.0. The normalized spacial score (nSPS) is 20.0. The van der Waals surface area contributed by atoms with Crippen LogP contribution in [0.3, 0.4) is 0 Å². The van der Waals surface area contributed by atoms with E-state index in [0.717, 1.165) is 31.6 Å². The third kappa shape index (κ3) is 5.28. The molecule has 1 amide bonds. The van der Waals surface area contributed by atoms with Gasteiger partial charge in [-0.3, -0.25) is 0 Å². The summed E-state index contributed by atoms with van der Waals surface area (Å²) in [7, 11) is 1.79. The van der Waals surface area contributed by atoms with Crippen molar-refractivity contribution in [1.82, 2.24) is 14.9 Å². The standard InChI is InChI=1S/C21H31N5O2/c1-21(2,3)28-20(27)25(4)16-11-12-26(14-16)19-13-17(22)23-18(24-19)10-9-15-7-5-6-8-15/h13,15-16H,5-8,11-12,14H2,1-4H3,(H2,22,23,24). The summed E-state index contributed by atoms with van der Waals surface area (Å²) in [5.74, 6) is 8.51. The van der Waals surface area contributed by atoms with E-state index in [9.17, 15) is 4.79 Å². The predicted octanol–water partition coefficient (Wildman–Crippen LogP) is 3.05. The Labute approximate surface area is 167 Å². The van der Waals surface area contributed by atoms with Gasteiger partial charge in [-0.05, 0) is 46.0 Å². The van der Waals surface area contributed by atoms with Gasteiger partial charge < -0.3 is 20.3 Å². The van der Waals surface area contributed by atoms with Gasteiger partial charge >= 0.3 is 6.09 Å². The van der Waals surface area contributed by atoms with Crippen LogP contribution in [0.5, 0.6) is 0 Å². The zero-order chi connectivity index (χ0) is 20.3. The van der Waals surface area contributed by atoms with Crippen LogP contribution in [0.2, 0.25) is 0 Å². The fraction of sp³-hybridized carbons (Fsp3) is 0.667. The average Bonchev–Trinajstić information content (AvgIpc) is 3.29. The minimum absolute atomic E-state index is 0.0686. The number of likely N-dealkylation sites (N-methyl/N-ethyl adjacent to an activating group) is 1. The number of hydrogen-bond donors (Lipinski definition) is 1. The summed E-state index contributed by atoms with van der Waals surface area (Å²) in [6.07, 6.45) is 5.37. The van der Waals surface area contributed by atoms with Crippen molar-refractivity contribution in [1.29, 1.82) is 0 Å². The second-order valence-electron chi connectivity index (χ2n) is 8.71. The molecule has 7 nitrogen and oxygen atoms in total. The number of rotatable bonds is 2. The van der Waals surface area contributed by atoms with Crippen LogP contribution in [0, 0.1) is 17.8 Å². The van der Waals surface area contributed by atoms with Crippen molar-refractivity contribution >= 4 is 17.7 Å². The zero-order valence-corrected chi connectivity index (χ0v) is 17.4.